The second-order valence-corrected chi connectivity index (χ2v) is 5.69. The SMILES string of the molecule is CN(Cc1cccc(Br)c1)c1nc(Cl)nc2[nH]ncc12. The van der Waals surface area contributed by atoms with E-state index < -0.39 is 0 Å². The van der Waals surface area contributed by atoms with Gasteiger partial charge in [0.2, 0.25) is 5.28 Å². The molecule has 3 aromatic rings. The summed E-state index contributed by atoms with van der Waals surface area (Å²) in [7, 11) is 1.96. The lowest BCUT2D eigenvalue weighted by atomic mass is 10.2. The number of nitrogens with one attached hydrogen (secondary N) is 1. The van der Waals surface area contributed by atoms with Crippen LogP contribution in [-0.2, 0) is 6.54 Å². The summed E-state index contributed by atoms with van der Waals surface area (Å²) in [5, 5.41) is 7.86. The maximum absolute atomic E-state index is 5.95. The first-order valence-corrected chi connectivity index (χ1v) is 7.13. The van der Waals surface area contributed by atoms with E-state index >= 15 is 0 Å². The average Bonchev–Trinajstić information content (AvgIpc) is 2.85. The Kier molecular flexibility index (Phi) is 3.58. The Labute approximate surface area is 129 Å². The molecule has 0 fully saturated rings. The second-order valence-electron chi connectivity index (χ2n) is 4.43. The lowest BCUT2D eigenvalue weighted by molar-refractivity contribution is 0.899. The van der Waals surface area contributed by atoms with Crippen LogP contribution in [0.1, 0.15) is 5.56 Å². The van der Waals surface area contributed by atoms with Crippen molar-refractivity contribution < 1.29 is 0 Å². The van der Waals surface area contributed by atoms with Crippen molar-refractivity contribution in [2.45, 2.75) is 6.54 Å². The topological polar surface area (TPSA) is 57.7 Å². The van der Waals surface area contributed by atoms with Gasteiger partial charge in [0.05, 0.1) is 11.6 Å². The third-order valence-electron chi connectivity index (χ3n) is 2.93. The van der Waals surface area contributed by atoms with E-state index in [1.807, 2.05) is 24.1 Å². The van der Waals surface area contributed by atoms with Gasteiger partial charge in [0, 0.05) is 18.1 Å². The van der Waals surface area contributed by atoms with Gasteiger partial charge in [-0.3, -0.25) is 5.10 Å². The normalized spacial score (nSPS) is 10.9. The van der Waals surface area contributed by atoms with E-state index in [1.54, 1.807) is 6.20 Å². The highest BCUT2D eigenvalue weighted by Gasteiger charge is 2.12. The molecule has 0 saturated heterocycles. The molecule has 5 nitrogen and oxygen atoms in total. The van der Waals surface area contributed by atoms with Crippen molar-refractivity contribution in [3.63, 3.8) is 0 Å². The summed E-state index contributed by atoms with van der Waals surface area (Å²) in [5.74, 6) is 0.758. The highest BCUT2D eigenvalue weighted by Crippen LogP contribution is 2.24. The number of aromatic nitrogens is 4. The van der Waals surface area contributed by atoms with Crippen molar-refractivity contribution in [2.24, 2.45) is 0 Å². The monoisotopic (exact) mass is 351 g/mol. The molecule has 0 unspecified atom stereocenters. The van der Waals surface area contributed by atoms with E-state index in [0.29, 0.717) is 12.2 Å². The molecule has 7 heteroatoms. The summed E-state index contributed by atoms with van der Waals surface area (Å²) >= 11 is 9.42. The minimum Gasteiger partial charge on any atom is -0.355 e. The molecule has 0 aliphatic heterocycles. The summed E-state index contributed by atoms with van der Waals surface area (Å²) in [6.45, 7) is 0.715. The van der Waals surface area contributed by atoms with Crippen LogP contribution in [0.3, 0.4) is 0 Å². The van der Waals surface area contributed by atoms with Gasteiger partial charge in [-0.1, -0.05) is 28.1 Å². The molecule has 0 bridgehead atoms. The van der Waals surface area contributed by atoms with Crippen molar-refractivity contribution in [3.8, 4) is 0 Å². The Morgan fingerprint density at radius 1 is 1.35 bits per heavy atom. The maximum atomic E-state index is 5.95. The maximum Gasteiger partial charge on any atom is 0.226 e. The summed E-state index contributed by atoms with van der Waals surface area (Å²) in [6.07, 6.45) is 1.71. The zero-order valence-electron chi connectivity index (χ0n) is 10.6. The third kappa shape index (κ3) is 2.62. The minimum absolute atomic E-state index is 0.206. The van der Waals surface area contributed by atoms with Crippen molar-refractivity contribution in [3.05, 3.63) is 45.8 Å². The first kappa shape index (κ1) is 13.3. The third-order valence-corrected chi connectivity index (χ3v) is 3.59. The first-order chi connectivity index (χ1) is 9.63. The van der Waals surface area contributed by atoms with Crippen molar-refractivity contribution in [1.82, 2.24) is 20.2 Å². The predicted octanol–water partition coefficient (Wildman–Crippen LogP) is 3.41. The molecule has 1 aromatic carbocycles. The Balaban J connectivity index is 1.96. The number of nitrogens with zero attached hydrogens (tertiary/aromatic N) is 4. The van der Waals surface area contributed by atoms with Crippen LogP contribution >= 0.6 is 27.5 Å². The molecule has 102 valence electrons. The molecule has 0 radical (unpaired) electrons. The number of anilines is 1. The Bertz CT molecular complexity index is 757. The smallest absolute Gasteiger partial charge is 0.226 e. The fourth-order valence-electron chi connectivity index (χ4n) is 2.07. The summed E-state index contributed by atoms with van der Waals surface area (Å²) < 4.78 is 1.05. The van der Waals surface area contributed by atoms with Gasteiger partial charge in [-0.05, 0) is 29.3 Å². The van der Waals surface area contributed by atoms with Crippen molar-refractivity contribution >= 4 is 44.4 Å². The molecule has 0 atom stereocenters. The first-order valence-electron chi connectivity index (χ1n) is 5.95. The highest BCUT2D eigenvalue weighted by molar-refractivity contribution is 9.10. The van der Waals surface area contributed by atoms with Crippen LogP contribution in [0.25, 0.3) is 11.0 Å². The van der Waals surface area contributed by atoms with E-state index in [4.69, 9.17) is 11.6 Å². The van der Waals surface area contributed by atoms with Gasteiger partial charge < -0.3 is 4.90 Å². The summed E-state index contributed by atoms with van der Waals surface area (Å²) in [6, 6.07) is 8.15. The summed E-state index contributed by atoms with van der Waals surface area (Å²) in [5.41, 5.74) is 1.81. The fraction of sp³-hybridized carbons (Fsp3) is 0.154. The molecule has 0 spiro atoms. The number of aromatic amines is 1. The van der Waals surface area contributed by atoms with Crippen LogP contribution in [0.5, 0.6) is 0 Å². The molecule has 0 aliphatic rings. The zero-order valence-corrected chi connectivity index (χ0v) is 13.0. The lowest BCUT2D eigenvalue weighted by Crippen LogP contribution is -2.18. The van der Waals surface area contributed by atoms with Crippen molar-refractivity contribution in [1.29, 1.82) is 0 Å². The predicted molar refractivity (Wildman–Crippen MR) is 82.9 cm³/mol. The molecular formula is C13H11BrClN5. The Morgan fingerprint density at radius 2 is 2.20 bits per heavy atom. The fourth-order valence-corrected chi connectivity index (χ4v) is 2.68. The molecule has 2 heterocycles. The van der Waals surface area contributed by atoms with E-state index in [1.165, 1.54) is 5.56 Å². The molecule has 20 heavy (non-hydrogen) atoms. The van der Waals surface area contributed by atoms with Crippen LogP contribution in [0, 0.1) is 0 Å². The highest BCUT2D eigenvalue weighted by atomic mass is 79.9. The van der Waals surface area contributed by atoms with Crippen LogP contribution in [-0.4, -0.2) is 27.2 Å². The number of hydrogen-bond donors (Lipinski definition) is 1. The van der Waals surface area contributed by atoms with Gasteiger partial charge in [-0.15, -0.1) is 0 Å². The van der Waals surface area contributed by atoms with Gasteiger partial charge in [-0.25, -0.2) is 0 Å². The van der Waals surface area contributed by atoms with E-state index in [9.17, 15) is 0 Å². The number of H-pyrrole nitrogens is 1. The van der Waals surface area contributed by atoms with Gasteiger partial charge in [0.15, 0.2) is 5.65 Å². The zero-order chi connectivity index (χ0) is 14.1. The molecule has 0 saturated carbocycles. The Morgan fingerprint density at radius 3 is 3.00 bits per heavy atom. The largest absolute Gasteiger partial charge is 0.355 e. The number of fused-ring (bicyclic) bond motifs is 1. The van der Waals surface area contributed by atoms with Gasteiger partial charge in [0.1, 0.15) is 5.82 Å². The molecule has 0 amide bonds. The van der Waals surface area contributed by atoms with Gasteiger partial charge >= 0.3 is 0 Å². The minimum atomic E-state index is 0.206. The van der Waals surface area contributed by atoms with E-state index in [0.717, 1.165) is 15.7 Å². The number of hydrogen-bond acceptors (Lipinski definition) is 4. The van der Waals surface area contributed by atoms with Crippen LogP contribution in [0.2, 0.25) is 5.28 Å². The molecule has 1 N–H and O–H groups in total. The number of rotatable bonds is 3. The van der Waals surface area contributed by atoms with Gasteiger partial charge in [0.25, 0.3) is 0 Å². The second kappa shape index (κ2) is 5.38. The average molecular weight is 353 g/mol. The van der Waals surface area contributed by atoms with E-state index in [-0.39, 0.29) is 5.28 Å². The molecule has 2 aromatic heterocycles. The Hall–Kier alpha value is -1.66. The van der Waals surface area contributed by atoms with Crippen LogP contribution in [0.15, 0.2) is 34.9 Å². The molecule has 0 aliphatic carbocycles. The standard InChI is InChI=1S/C13H11BrClN5/c1-20(7-8-3-2-4-9(14)5-8)12-10-6-16-19-11(10)17-13(15)18-12/h2-6H,7H2,1H3,(H,16,17,18,19). The lowest BCUT2D eigenvalue weighted by Gasteiger charge is -2.19. The van der Waals surface area contributed by atoms with Crippen molar-refractivity contribution in [2.75, 3.05) is 11.9 Å². The number of benzene rings is 1. The summed E-state index contributed by atoms with van der Waals surface area (Å²) in [4.78, 5) is 10.4. The quantitative estimate of drug-likeness (QED) is 0.734. The molecule has 3 rings (SSSR count). The number of halogens is 2. The van der Waals surface area contributed by atoms with Crippen LogP contribution in [0.4, 0.5) is 5.82 Å². The van der Waals surface area contributed by atoms with E-state index in [2.05, 4.69) is 48.2 Å². The molecular weight excluding hydrogens is 342 g/mol. The van der Waals surface area contributed by atoms with Gasteiger partial charge in [-0.2, -0.15) is 15.1 Å². The van der Waals surface area contributed by atoms with Crippen LogP contribution < -0.4 is 4.90 Å².